The zero-order valence-electron chi connectivity index (χ0n) is 18.6. The summed E-state index contributed by atoms with van der Waals surface area (Å²) in [4.78, 5) is 38.6. The molecule has 0 atom stereocenters. The van der Waals surface area contributed by atoms with Crippen LogP contribution in [-0.2, 0) is 27.3 Å². The fraction of sp³-hybridized carbons (Fsp3) is 0.240. The molecule has 1 heterocycles. The van der Waals surface area contributed by atoms with Crippen molar-refractivity contribution < 1.29 is 28.3 Å². The van der Waals surface area contributed by atoms with Crippen molar-refractivity contribution in [1.82, 2.24) is 5.32 Å². The molecule has 2 aromatic carbocycles. The van der Waals surface area contributed by atoms with Crippen LogP contribution in [0, 0.1) is 0 Å². The molecule has 1 N–H and O–H groups in total. The van der Waals surface area contributed by atoms with Gasteiger partial charge in [0.05, 0.1) is 24.1 Å². The van der Waals surface area contributed by atoms with Gasteiger partial charge in [0.15, 0.2) is 13.2 Å². The van der Waals surface area contributed by atoms with Gasteiger partial charge in [-0.3, -0.25) is 9.59 Å². The number of amides is 2. The van der Waals surface area contributed by atoms with Gasteiger partial charge in [-0.2, -0.15) is 0 Å². The lowest BCUT2D eigenvalue weighted by molar-refractivity contribution is -0.149. The number of esters is 1. The minimum absolute atomic E-state index is 0.219. The first kappa shape index (κ1) is 23.6. The second-order valence-corrected chi connectivity index (χ2v) is 7.14. The first-order chi connectivity index (χ1) is 16.0. The van der Waals surface area contributed by atoms with E-state index in [0.717, 1.165) is 12.0 Å². The Morgan fingerprint density at radius 1 is 0.970 bits per heavy atom. The number of furan rings is 1. The highest BCUT2D eigenvalue weighted by Gasteiger charge is 2.20. The van der Waals surface area contributed by atoms with Crippen molar-refractivity contribution in [3.05, 3.63) is 83.8 Å². The Hall–Kier alpha value is -4.07. The van der Waals surface area contributed by atoms with Crippen molar-refractivity contribution in [2.24, 2.45) is 0 Å². The molecule has 0 bridgehead atoms. The summed E-state index contributed by atoms with van der Waals surface area (Å²) < 4.78 is 15.8. The number of carbonyl (C=O) groups excluding carboxylic acids is 3. The highest BCUT2D eigenvalue weighted by atomic mass is 16.6. The molecule has 0 aliphatic carbocycles. The summed E-state index contributed by atoms with van der Waals surface area (Å²) in [6.07, 6.45) is 2.29. The predicted octanol–water partition coefficient (Wildman–Crippen LogP) is 3.36. The van der Waals surface area contributed by atoms with Crippen LogP contribution >= 0.6 is 0 Å². The Kier molecular flexibility index (Phi) is 8.24. The van der Waals surface area contributed by atoms with Crippen LogP contribution in [-0.4, -0.2) is 38.0 Å². The highest BCUT2D eigenvalue weighted by Crippen LogP contribution is 2.20. The van der Waals surface area contributed by atoms with Gasteiger partial charge in [-0.15, -0.1) is 0 Å². The molecule has 8 nitrogen and oxygen atoms in total. The molecule has 0 saturated carbocycles. The van der Waals surface area contributed by atoms with Crippen LogP contribution in [0.5, 0.6) is 5.75 Å². The smallest absolute Gasteiger partial charge is 0.344 e. The molecule has 8 heteroatoms. The molecule has 0 fully saturated rings. The summed E-state index contributed by atoms with van der Waals surface area (Å²) >= 11 is 0. The molecule has 0 unspecified atom stereocenters. The molecule has 0 spiro atoms. The van der Waals surface area contributed by atoms with Gasteiger partial charge in [-0.05, 0) is 42.3 Å². The van der Waals surface area contributed by atoms with Crippen LogP contribution in [0.2, 0.25) is 0 Å². The largest absolute Gasteiger partial charge is 0.482 e. The van der Waals surface area contributed by atoms with Crippen molar-refractivity contribution in [3.63, 3.8) is 0 Å². The summed E-state index contributed by atoms with van der Waals surface area (Å²) in [5.74, 6) is -0.284. The van der Waals surface area contributed by atoms with Crippen molar-refractivity contribution in [2.75, 3.05) is 25.2 Å². The number of carbonyl (C=O) groups is 3. The number of para-hydroxylation sites is 2. The van der Waals surface area contributed by atoms with E-state index in [-0.39, 0.29) is 19.1 Å². The standard InChI is InChI=1S/C25H26N2O6/c1-3-18-9-4-7-13-22(18)32-17-24(29)33-16-23(28)27(2)21-12-6-5-11-20(21)25(30)26-15-19-10-8-14-31-19/h4-14H,3,15-17H2,1-2H3,(H,26,30). The van der Waals surface area contributed by atoms with E-state index < -0.39 is 18.5 Å². The number of nitrogens with one attached hydrogen (secondary N) is 1. The highest BCUT2D eigenvalue weighted by molar-refractivity contribution is 6.05. The van der Waals surface area contributed by atoms with Crippen molar-refractivity contribution in [1.29, 1.82) is 0 Å². The number of likely N-dealkylation sites (N-methyl/N-ethyl adjacent to an activating group) is 1. The van der Waals surface area contributed by atoms with E-state index in [2.05, 4.69) is 5.32 Å². The van der Waals surface area contributed by atoms with E-state index in [9.17, 15) is 14.4 Å². The molecule has 0 saturated heterocycles. The SMILES string of the molecule is CCc1ccccc1OCC(=O)OCC(=O)N(C)c1ccccc1C(=O)NCc1ccco1. The maximum Gasteiger partial charge on any atom is 0.344 e. The number of aryl methyl sites for hydroxylation is 1. The van der Waals surface area contributed by atoms with Gasteiger partial charge in [0.1, 0.15) is 11.5 Å². The molecule has 33 heavy (non-hydrogen) atoms. The summed E-state index contributed by atoms with van der Waals surface area (Å²) in [7, 11) is 1.52. The second kappa shape index (κ2) is 11.5. The Bertz CT molecular complexity index is 1090. The zero-order valence-corrected chi connectivity index (χ0v) is 18.6. The average molecular weight is 450 g/mol. The van der Waals surface area contributed by atoms with Crippen molar-refractivity contribution in [2.45, 2.75) is 19.9 Å². The van der Waals surface area contributed by atoms with Gasteiger partial charge >= 0.3 is 5.97 Å². The maximum absolute atomic E-state index is 12.6. The Morgan fingerprint density at radius 2 is 1.73 bits per heavy atom. The average Bonchev–Trinajstić information content (AvgIpc) is 3.38. The van der Waals surface area contributed by atoms with Crippen molar-refractivity contribution >= 4 is 23.5 Å². The number of anilines is 1. The topological polar surface area (TPSA) is 98.1 Å². The second-order valence-electron chi connectivity index (χ2n) is 7.14. The number of ether oxygens (including phenoxy) is 2. The molecule has 1 aromatic heterocycles. The van der Waals surface area contributed by atoms with Crippen molar-refractivity contribution in [3.8, 4) is 5.75 Å². The van der Waals surface area contributed by atoms with Gasteiger partial charge in [-0.1, -0.05) is 37.3 Å². The van der Waals surface area contributed by atoms with Crippen LogP contribution in [0.3, 0.4) is 0 Å². The van der Waals surface area contributed by atoms with Gasteiger partial charge in [0.2, 0.25) is 0 Å². The molecular weight excluding hydrogens is 424 g/mol. The van der Waals surface area contributed by atoms with E-state index in [0.29, 0.717) is 22.8 Å². The number of hydrogen-bond donors (Lipinski definition) is 1. The summed E-state index contributed by atoms with van der Waals surface area (Å²) in [6.45, 7) is 1.43. The van der Waals surface area contributed by atoms with Crippen LogP contribution in [0.1, 0.15) is 28.6 Å². The molecule has 3 rings (SSSR count). The van der Waals surface area contributed by atoms with Crippen LogP contribution in [0.25, 0.3) is 0 Å². The van der Waals surface area contributed by atoms with Gasteiger partial charge in [0.25, 0.3) is 11.8 Å². The van der Waals surface area contributed by atoms with Gasteiger partial charge < -0.3 is 24.1 Å². The summed E-state index contributed by atoms with van der Waals surface area (Å²) in [5.41, 5.74) is 1.68. The van der Waals surface area contributed by atoms with E-state index >= 15 is 0 Å². The summed E-state index contributed by atoms with van der Waals surface area (Å²) in [5, 5.41) is 2.75. The van der Waals surface area contributed by atoms with E-state index in [4.69, 9.17) is 13.9 Å². The molecule has 172 valence electrons. The number of nitrogens with zero attached hydrogens (tertiary/aromatic N) is 1. The van der Waals surface area contributed by atoms with Gasteiger partial charge in [-0.25, -0.2) is 4.79 Å². The molecule has 0 radical (unpaired) electrons. The molecule has 2 amide bonds. The van der Waals surface area contributed by atoms with Crippen LogP contribution in [0.15, 0.2) is 71.3 Å². The molecular formula is C25H26N2O6. The monoisotopic (exact) mass is 450 g/mol. The summed E-state index contributed by atoms with van der Waals surface area (Å²) in [6, 6.07) is 17.6. The van der Waals surface area contributed by atoms with Crippen LogP contribution in [0.4, 0.5) is 5.69 Å². The number of hydrogen-bond acceptors (Lipinski definition) is 6. The van der Waals surface area contributed by atoms with Crippen LogP contribution < -0.4 is 15.0 Å². The predicted molar refractivity (Wildman–Crippen MR) is 122 cm³/mol. The Labute approximate surface area is 192 Å². The zero-order chi connectivity index (χ0) is 23.6. The minimum Gasteiger partial charge on any atom is -0.482 e. The lowest BCUT2D eigenvalue weighted by Crippen LogP contribution is -2.34. The quantitative estimate of drug-likeness (QED) is 0.476. The normalized spacial score (nSPS) is 10.4. The molecule has 0 aliphatic rings. The maximum atomic E-state index is 12.6. The minimum atomic E-state index is -0.660. The van der Waals surface area contributed by atoms with Gasteiger partial charge in [0, 0.05) is 7.05 Å². The number of rotatable bonds is 10. The number of benzene rings is 2. The lowest BCUT2D eigenvalue weighted by Gasteiger charge is -2.20. The first-order valence-corrected chi connectivity index (χ1v) is 10.5. The third-order valence-corrected chi connectivity index (χ3v) is 4.94. The molecule has 3 aromatic rings. The molecule has 0 aliphatic heterocycles. The third kappa shape index (κ3) is 6.46. The lowest BCUT2D eigenvalue weighted by atomic mass is 10.1. The third-order valence-electron chi connectivity index (χ3n) is 4.94. The fourth-order valence-electron chi connectivity index (χ4n) is 3.12. The Balaban J connectivity index is 1.54. The first-order valence-electron chi connectivity index (χ1n) is 10.5. The fourth-order valence-corrected chi connectivity index (χ4v) is 3.12. The van der Waals surface area contributed by atoms with E-state index in [1.807, 2.05) is 25.1 Å². The van der Waals surface area contributed by atoms with E-state index in [1.165, 1.54) is 18.2 Å². The Morgan fingerprint density at radius 3 is 2.48 bits per heavy atom. The van der Waals surface area contributed by atoms with E-state index in [1.54, 1.807) is 42.5 Å².